The maximum Gasteiger partial charge on any atom is 0.127 e. The molecule has 0 N–H and O–H groups in total. The van der Waals surface area contributed by atoms with Crippen molar-refractivity contribution in [3.63, 3.8) is 0 Å². The SMILES string of the molecule is CCC(C)(COCc1cccc(Oc2ccccc2)c1)c1ccc(I)cc1. The summed E-state index contributed by atoms with van der Waals surface area (Å²) < 4.78 is 13.3. The maximum absolute atomic E-state index is 6.11. The fraction of sp³-hybridized carbons (Fsp3) is 0.250. The van der Waals surface area contributed by atoms with Crippen LogP contribution in [0.25, 0.3) is 0 Å². The molecule has 3 heteroatoms. The number of ether oxygens (including phenoxy) is 2. The van der Waals surface area contributed by atoms with Crippen molar-refractivity contribution in [3.05, 3.63) is 93.6 Å². The first-order chi connectivity index (χ1) is 13.1. The smallest absolute Gasteiger partial charge is 0.127 e. The molecule has 3 aromatic carbocycles. The predicted octanol–water partition coefficient (Wildman–Crippen LogP) is 6.97. The van der Waals surface area contributed by atoms with Crippen LogP contribution < -0.4 is 4.74 Å². The molecule has 3 aromatic rings. The Hall–Kier alpha value is -1.85. The number of hydrogen-bond donors (Lipinski definition) is 0. The molecule has 2 nitrogen and oxygen atoms in total. The second-order valence-electron chi connectivity index (χ2n) is 6.98. The second kappa shape index (κ2) is 9.38. The Kier molecular flexibility index (Phi) is 6.91. The summed E-state index contributed by atoms with van der Waals surface area (Å²) in [5.41, 5.74) is 2.46. The van der Waals surface area contributed by atoms with E-state index in [9.17, 15) is 0 Å². The van der Waals surface area contributed by atoms with Crippen LogP contribution in [-0.4, -0.2) is 6.61 Å². The maximum atomic E-state index is 6.11. The first kappa shape index (κ1) is 19.9. The summed E-state index contributed by atoms with van der Waals surface area (Å²) in [4.78, 5) is 0. The highest BCUT2D eigenvalue weighted by Crippen LogP contribution is 2.29. The van der Waals surface area contributed by atoms with Gasteiger partial charge in [-0.25, -0.2) is 0 Å². The molecule has 0 aliphatic rings. The molecule has 0 fully saturated rings. The van der Waals surface area contributed by atoms with Crippen molar-refractivity contribution in [2.75, 3.05) is 6.61 Å². The molecule has 0 heterocycles. The van der Waals surface area contributed by atoms with E-state index in [1.807, 2.05) is 48.5 Å². The Morgan fingerprint density at radius 1 is 0.852 bits per heavy atom. The van der Waals surface area contributed by atoms with Crippen LogP contribution in [0.2, 0.25) is 0 Å². The standard InChI is InChI=1S/C24H25IO2/c1-3-24(2,20-12-14-21(25)15-13-20)18-26-17-19-8-7-11-23(16-19)27-22-9-5-4-6-10-22/h4-16H,3,17-18H2,1-2H3. The molecule has 0 aliphatic heterocycles. The van der Waals surface area contributed by atoms with E-state index in [-0.39, 0.29) is 5.41 Å². The van der Waals surface area contributed by atoms with Crippen LogP contribution in [0.3, 0.4) is 0 Å². The van der Waals surface area contributed by atoms with Gasteiger partial charge in [0.1, 0.15) is 11.5 Å². The summed E-state index contributed by atoms with van der Waals surface area (Å²) in [6, 6.07) is 26.7. The number of para-hydroxylation sites is 1. The third-order valence-electron chi connectivity index (χ3n) is 4.89. The van der Waals surface area contributed by atoms with Gasteiger partial charge in [0.05, 0.1) is 13.2 Å². The summed E-state index contributed by atoms with van der Waals surface area (Å²) in [5.74, 6) is 1.67. The topological polar surface area (TPSA) is 18.5 Å². The quantitative estimate of drug-likeness (QED) is 0.330. The van der Waals surface area contributed by atoms with Gasteiger partial charge in [0.25, 0.3) is 0 Å². The number of hydrogen-bond acceptors (Lipinski definition) is 2. The highest BCUT2D eigenvalue weighted by molar-refractivity contribution is 14.1. The molecule has 0 bridgehead atoms. The third kappa shape index (κ3) is 5.56. The Bertz CT molecular complexity index is 846. The lowest BCUT2D eigenvalue weighted by molar-refractivity contribution is 0.0747. The number of rotatable bonds is 8. The Morgan fingerprint density at radius 3 is 2.26 bits per heavy atom. The molecule has 3 rings (SSSR count). The van der Waals surface area contributed by atoms with Gasteiger partial charge >= 0.3 is 0 Å². The van der Waals surface area contributed by atoms with E-state index in [4.69, 9.17) is 9.47 Å². The lowest BCUT2D eigenvalue weighted by Crippen LogP contribution is -2.27. The molecule has 0 saturated carbocycles. The van der Waals surface area contributed by atoms with Gasteiger partial charge in [-0.15, -0.1) is 0 Å². The van der Waals surface area contributed by atoms with Crippen LogP contribution in [0.15, 0.2) is 78.9 Å². The normalized spacial score (nSPS) is 13.1. The molecular weight excluding hydrogens is 447 g/mol. The van der Waals surface area contributed by atoms with Gasteiger partial charge in [-0.2, -0.15) is 0 Å². The van der Waals surface area contributed by atoms with Crippen molar-refractivity contribution in [3.8, 4) is 11.5 Å². The Morgan fingerprint density at radius 2 is 1.56 bits per heavy atom. The summed E-state index contributed by atoms with van der Waals surface area (Å²) in [6.07, 6.45) is 1.03. The summed E-state index contributed by atoms with van der Waals surface area (Å²) in [5, 5.41) is 0. The van der Waals surface area contributed by atoms with Crippen LogP contribution in [-0.2, 0) is 16.8 Å². The summed E-state index contributed by atoms with van der Waals surface area (Å²) in [7, 11) is 0. The fourth-order valence-electron chi connectivity index (χ4n) is 2.96. The van der Waals surface area contributed by atoms with Crippen LogP contribution in [0.5, 0.6) is 11.5 Å². The van der Waals surface area contributed by atoms with E-state index < -0.39 is 0 Å². The highest BCUT2D eigenvalue weighted by atomic mass is 127. The minimum absolute atomic E-state index is 0.0164. The molecule has 0 radical (unpaired) electrons. The Labute approximate surface area is 175 Å². The molecule has 0 amide bonds. The van der Waals surface area contributed by atoms with E-state index in [1.165, 1.54) is 9.13 Å². The van der Waals surface area contributed by atoms with Crippen LogP contribution in [0, 0.1) is 3.57 Å². The van der Waals surface area contributed by atoms with Crippen molar-refractivity contribution in [1.29, 1.82) is 0 Å². The molecule has 27 heavy (non-hydrogen) atoms. The van der Waals surface area contributed by atoms with E-state index in [2.05, 4.69) is 66.8 Å². The zero-order valence-corrected chi connectivity index (χ0v) is 18.0. The van der Waals surface area contributed by atoms with Gasteiger partial charge in [-0.3, -0.25) is 0 Å². The second-order valence-corrected chi connectivity index (χ2v) is 8.22. The van der Waals surface area contributed by atoms with Crippen LogP contribution >= 0.6 is 22.6 Å². The molecule has 140 valence electrons. The Balaban J connectivity index is 1.61. The van der Waals surface area contributed by atoms with Crippen molar-refractivity contribution in [2.45, 2.75) is 32.3 Å². The summed E-state index contributed by atoms with van der Waals surface area (Å²) in [6.45, 7) is 5.75. The van der Waals surface area contributed by atoms with Gasteiger partial charge in [0.2, 0.25) is 0 Å². The van der Waals surface area contributed by atoms with E-state index in [1.54, 1.807) is 0 Å². The minimum Gasteiger partial charge on any atom is -0.457 e. The van der Waals surface area contributed by atoms with Gasteiger partial charge in [-0.05, 0) is 76.5 Å². The monoisotopic (exact) mass is 472 g/mol. The fourth-order valence-corrected chi connectivity index (χ4v) is 3.32. The molecule has 0 aliphatic carbocycles. The molecule has 0 saturated heterocycles. The molecule has 0 aromatic heterocycles. The zero-order chi connectivity index (χ0) is 19.1. The lowest BCUT2D eigenvalue weighted by Gasteiger charge is -2.29. The number of benzene rings is 3. The van der Waals surface area contributed by atoms with Gasteiger partial charge in [0.15, 0.2) is 0 Å². The van der Waals surface area contributed by atoms with E-state index in [0.717, 1.165) is 23.5 Å². The number of halogens is 1. The van der Waals surface area contributed by atoms with Crippen molar-refractivity contribution in [1.82, 2.24) is 0 Å². The lowest BCUT2D eigenvalue weighted by atomic mass is 9.81. The molecule has 1 unspecified atom stereocenters. The average molecular weight is 472 g/mol. The summed E-state index contributed by atoms with van der Waals surface area (Å²) >= 11 is 2.34. The molecule has 1 atom stereocenters. The van der Waals surface area contributed by atoms with Crippen molar-refractivity contribution in [2.24, 2.45) is 0 Å². The zero-order valence-electron chi connectivity index (χ0n) is 15.8. The first-order valence-electron chi connectivity index (χ1n) is 9.25. The van der Waals surface area contributed by atoms with Gasteiger partial charge in [0, 0.05) is 8.99 Å². The van der Waals surface area contributed by atoms with Crippen LogP contribution in [0.4, 0.5) is 0 Å². The van der Waals surface area contributed by atoms with Crippen LogP contribution in [0.1, 0.15) is 31.4 Å². The van der Waals surface area contributed by atoms with Gasteiger partial charge in [-0.1, -0.05) is 56.3 Å². The van der Waals surface area contributed by atoms with Gasteiger partial charge < -0.3 is 9.47 Å². The third-order valence-corrected chi connectivity index (χ3v) is 5.61. The molecule has 0 spiro atoms. The highest BCUT2D eigenvalue weighted by Gasteiger charge is 2.24. The molecular formula is C24H25IO2. The van der Waals surface area contributed by atoms with Crippen molar-refractivity contribution >= 4 is 22.6 Å². The average Bonchev–Trinajstić information content (AvgIpc) is 2.69. The van der Waals surface area contributed by atoms with E-state index in [0.29, 0.717) is 13.2 Å². The van der Waals surface area contributed by atoms with E-state index >= 15 is 0 Å². The first-order valence-corrected chi connectivity index (χ1v) is 10.3. The predicted molar refractivity (Wildman–Crippen MR) is 119 cm³/mol. The minimum atomic E-state index is 0.0164. The van der Waals surface area contributed by atoms with Crippen molar-refractivity contribution < 1.29 is 9.47 Å². The largest absolute Gasteiger partial charge is 0.457 e.